The quantitative estimate of drug-likeness (QED) is 0.497. The van der Waals surface area contributed by atoms with Crippen molar-refractivity contribution in [3.8, 4) is 12.1 Å². The standard InChI is InChI=1S/C29H34N8O3/c1-34-13-4-5-21(34)19-40-28-32-25-18-35(26-9-12-31-24-7-3-2-6-22(24)26)14-10-23(25)27(33-28)36-15-16-37(29(38)39)20(17-36)8-11-30/h2-3,6-7,9,12,20-21H,4-5,8,10,13-19H2,1H3,(H,38,39)/t20-,21-/m0/s1. The molecule has 2 fully saturated rings. The maximum atomic E-state index is 11.8. The van der Waals surface area contributed by atoms with E-state index in [2.05, 4.69) is 44.9 Å². The Morgan fingerprint density at radius 2 is 2.00 bits per heavy atom. The van der Waals surface area contributed by atoms with Crippen LogP contribution in [-0.4, -0.2) is 94.4 Å². The van der Waals surface area contributed by atoms with Crippen molar-refractivity contribution in [1.29, 1.82) is 5.26 Å². The molecule has 0 unspecified atom stereocenters. The molecule has 1 N–H and O–H groups in total. The van der Waals surface area contributed by atoms with Gasteiger partial charge in [-0.2, -0.15) is 15.2 Å². The van der Waals surface area contributed by atoms with Gasteiger partial charge >= 0.3 is 12.1 Å². The highest BCUT2D eigenvalue weighted by Crippen LogP contribution is 2.34. The average molecular weight is 543 g/mol. The summed E-state index contributed by atoms with van der Waals surface area (Å²) in [4.78, 5) is 34.3. The van der Waals surface area contributed by atoms with E-state index < -0.39 is 12.1 Å². The van der Waals surface area contributed by atoms with Gasteiger partial charge in [-0.1, -0.05) is 18.2 Å². The van der Waals surface area contributed by atoms with Crippen molar-refractivity contribution in [3.05, 3.63) is 47.8 Å². The second kappa shape index (κ2) is 11.1. The number of carboxylic acid groups (broad SMARTS) is 1. The predicted molar refractivity (Wildman–Crippen MR) is 151 cm³/mol. The summed E-state index contributed by atoms with van der Waals surface area (Å²) in [6.45, 7) is 4.22. The highest BCUT2D eigenvalue weighted by Gasteiger charge is 2.34. The van der Waals surface area contributed by atoms with Crippen LogP contribution in [0.2, 0.25) is 0 Å². The van der Waals surface area contributed by atoms with Gasteiger partial charge in [0.05, 0.1) is 36.3 Å². The van der Waals surface area contributed by atoms with Crippen LogP contribution in [0.4, 0.5) is 16.3 Å². The van der Waals surface area contributed by atoms with Crippen LogP contribution in [0.5, 0.6) is 6.01 Å². The first kappa shape index (κ1) is 26.1. The van der Waals surface area contributed by atoms with Gasteiger partial charge in [0.1, 0.15) is 12.4 Å². The summed E-state index contributed by atoms with van der Waals surface area (Å²) in [5, 5.41) is 20.2. The molecule has 208 valence electrons. The van der Waals surface area contributed by atoms with E-state index in [1.807, 2.05) is 24.4 Å². The summed E-state index contributed by atoms with van der Waals surface area (Å²) in [7, 11) is 2.12. The molecule has 0 aliphatic carbocycles. The van der Waals surface area contributed by atoms with Gasteiger partial charge in [0.2, 0.25) is 0 Å². The minimum Gasteiger partial charge on any atom is -0.465 e. The Morgan fingerprint density at radius 3 is 2.80 bits per heavy atom. The third-order valence-electron chi connectivity index (χ3n) is 8.42. The molecule has 6 rings (SSSR count). The Bertz CT molecular complexity index is 1440. The van der Waals surface area contributed by atoms with E-state index in [4.69, 9.17) is 14.7 Å². The largest absolute Gasteiger partial charge is 0.465 e. The lowest BCUT2D eigenvalue weighted by Crippen LogP contribution is -2.55. The molecule has 0 bridgehead atoms. The number of piperazine rings is 1. The third kappa shape index (κ3) is 5.07. The van der Waals surface area contributed by atoms with Crippen LogP contribution in [0.3, 0.4) is 0 Å². The molecule has 40 heavy (non-hydrogen) atoms. The molecule has 2 atom stereocenters. The topological polar surface area (TPSA) is 122 Å². The second-order valence-corrected chi connectivity index (χ2v) is 10.8. The van der Waals surface area contributed by atoms with Crippen molar-refractivity contribution in [2.24, 2.45) is 0 Å². The monoisotopic (exact) mass is 542 g/mol. The number of benzene rings is 1. The van der Waals surface area contributed by atoms with Gasteiger partial charge in [-0.25, -0.2) is 4.79 Å². The summed E-state index contributed by atoms with van der Waals surface area (Å²) < 4.78 is 6.23. The molecule has 3 aromatic rings. The van der Waals surface area contributed by atoms with Gasteiger partial charge in [0.15, 0.2) is 0 Å². The molecule has 0 saturated carbocycles. The maximum Gasteiger partial charge on any atom is 0.407 e. The van der Waals surface area contributed by atoms with E-state index in [1.54, 1.807) is 0 Å². The first-order valence-electron chi connectivity index (χ1n) is 13.9. The van der Waals surface area contributed by atoms with Gasteiger partial charge in [0, 0.05) is 55.1 Å². The van der Waals surface area contributed by atoms with Gasteiger partial charge in [-0.05, 0) is 45.0 Å². The lowest BCUT2D eigenvalue weighted by Gasteiger charge is -2.41. The fourth-order valence-electron chi connectivity index (χ4n) is 6.22. The molecule has 0 spiro atoms. The molecule has 1 amide bonds. The van der Waals surface area contributed by atoms with Gasteiger partial charge in [0.25, 0.3) is 0 Å². The first-order chi connectivity index (χ1) is 19.5. The fourth-order valence-corrected chi connectivity index (χ4v) is 6.22. The molecule has 0 radical (unpaired) electrons. The van der Waals surface area contributed by atoms with E-state index in [1.165, 1.54) is 4.90 Å². The highest BCUT2D eigenvalue weighted by atomic mass is 16.5. The van der Waals surface area contributed by atoms with Crippen molar-refractivity contribution < 1.29 is 14.6 Å². The van der Waals surface area contributed by atoms with Crippen molar-refractivity contribution in [2.45, 2.75) is 44.3 Å². The molecule has 2 aromatic heterocycles. The Kier molecular flexibility index (Phi) is 7.26. The van der Waals surface area contributed by atoms with Crippen molar-refractivity contribution in [3.63, 3.8) is 0 Å². The number of amides is 1. The number of aromatic nitrogens is 3. The molecular weight excluding hydrogens is 508 g/mol. The highest BCUT2D eigenvalue weighted by molar-refractivity contribution is 5.91. The lowest BCUT2D eigenvalue weighted by molar-refractivity contribution is 0.119. The molecule has 11 nitrogen and oxygen atoms in total. The number of rotatable bonds is 6. The van der Waals surface area contributed by atoms with Crippen molar-refractivity contribution in [1.82, 2.24) is 24.8 Å². The Labute approximate surface area is 233 Å². The number of para-hydroxylation sites is 1. The average Bonchev–Trinajstić information content (AvgIpc) is 3.39. The Morgan fingerprint density at radius 1 is 1.12 bits per heavy atom. The number of likely N-dealkylation sites (N-methyl/N-ethyl adjacent to an activating group) is 1. The maximum absolute atomic E-state index is 11.8. The summed E-state index contributed by atoms with van der Waals surface area (Å²) in [6.07, 6.45) is 3.98. The zero-order valence-corrected chi connectivity index (χ0v) is 22.7. The number of likely N-dealkylation sites (tertiary alicyclic amines) is 1. The van der Waals surface area contributed by atoms with E-state index >= 15 is 0 Å². The molecule has 5 heterocycles. The van der Waals surface area contributed by atoms with Crippen molar-refractivity contribution >= 4 is 28.5 Å². The number of nitriles is 1. The summed E-state index contributed by atoms with van der Waals surface area (Å²) in [5.41, 5.74) is 4.07. The number of fused-ring (bicyclic) bond motifs is 2. The third-order valence-corrected chi connectivity index (χ3v) is 8.42. The van der Waals surface area contributed by atoms with E-state index in [0.717, 1.165) is 66.0 Å². The van der Waals surface area contributed by atoms with Gasteiger partial charge in [-0.15, -0.1) is 0 Å². The van der Waals surface area contributed by atoms with E-state index in [0.29, 0.717) is 44.8 Å². The molecule has 11 heteroatoms. The number of ether oxygens (including phenoxy) is 1. The van der Waals surface area contributed by atoms with Crippen molar-refractivity contribution in [2.75, 3.05) is 56.2 Å². The van der Waals surface area contributed by atoms with Gasteiger partial charge in [-0.3, -0.25) is 4.98 Å². The van der Waals surface area contributed by atoms with Crippen LogP contribution in [-0.2, 0) is 13.0 Å². The lowest BCUT2D eigenvalue weighted by atomic mass is 10.0. The second-order valence-electron chi connectivity index (χ2n) is 10.8. The normalized spacial score (nSPS) is 21.4. The minimum absolute atomic E-state index is 0.135. The summed E-state index contributed by atoms with van der Waals surface area (Å²) in [5.74, 6) is 0.798. The van der Waals surface area contributed by atoms with Crippen LogP contribution in [0.1, 0.15) is 30.5 Å². The minimum atomic E-state index is -0.991. The summed E-state index contributed by atoms with van der Waals surface area (Å²) >= 11 is 0. The van der Waals surface area contributed by atoms with Crippen LogP contribution < -0.4 is 14.5 Å². The number of hydrogen-bond acceptors (Lipinski definition) is 9. The zero-order valence-electron chi connectivity index (χ0n) is 22.7. The Balaban J connectivity index is 1.33. The zero-order chi connectivity index (χ0) is 27.6. The Hall–Kier alpha value is -4.17. The molecule has 3 aliphatic heterocycles. The first-order valence-corrected chi connectivity index (χ1v) is 13.9. The summed E-state index contributed by atoms with van der Waals surface area (Å²) in [6, 6.07) is 12.6. The van der Waals surface area contributed by atoms with Crippen LogP contribution in [0.25, 0.3) is 10.9 Å². The van der Waals surface area contributed by atoms with Crippen LogP contribution in [0, 0.1) is 11.3 Å². The number of carbonyl (C=O) groups is 1. The van der Waals surface area contributed by atoms with Crippen LogP contribution in [0.15, 0.2) is 36.5 Å². The number of pyridine rings is 1. The number of anilines is 2. The molecule has 3 aliphatic rings. The number of hydrogen-bond donors (Lipinski definition) is 1. The van der Waals surface area contributed by atoms with Gasteiger partial charge < -0.3 is 29.4 Å². The molecule has 1 aromatic carbocycles. The van der Waals surface area contributed by atoms with Crippen LogP contribution >= 0.6 is 0 Å². The fraction of sp³-hybridized carbons (Fsp3) is 0.483. The number of nitrogens with zero attached hydrogens (tertiary/aromatic N) is 8. The SMILES string of the molecule is CN1CCC[C@H]1COc1nc2c(c(N3CCN(C(=O)O)[C@@H](CC#N)C3)n1)CCN(c1ccnc3ccccc13)C2. The molecule has 2 saturated heterocycles. The molecular formula is C29H34N8O3. The van der Waals surface area contributed by atoms with E-state index in [9.17, 15) is 15.2 Å². The smallest absolute Gasteiger partial charge is 0.407 e. The predicted octanol–water partition coefficient (Wildman–Crippen LogP) is 3.14. The van der Waals surface area contributed by atoms with E-state index in [-0.39, 0.29) is 6.42 Å².